The summed E-state index contributed by atoms with van der Waals surface area (Å²) in [7, 11) is 0. The lowest BCUT2D eigenvalue weighted by atomic mass is 10.0. The first kappa shape index (κ1) is 40.0. The minimum atomic E-state index is -0.179. The van der Waals surface area contributed by atoms with Crippen LogP contribution in [0.4, 0.5) is 5.69 Å². The summed E-state index contributed by atoms with van der Waals surface area (Å²) < 4.78 is 27.4. The van der Waals surface area contributed by atoms with Crippen molar-refractivity contribution in [1.82, 2.24) is 10.6 Å². The Kier molecular flexibility index (Phi) is 18.2. The lowest BCUT2D eigenvalue weighted by Crippen LogP contribution is -2.35. The standard InChI is InChI=1S/C40H49N3O9/c44-36-13-9-32(10-14-36)15-19-41-38(45)17-21-48-23-25-50-27-29-52-30-28-51-26-24-49-22-18-39(46)42-20-16-40(47)43-31-35-7-2-1-5-33(35)11-12-34-6-3-4-8-37(34)43/h1-10,13-14,44H,15-31H2,(H,41,45)(H,42,46). The molecule has 3 aromatic rings. The number of carbonyl (C=O) groups excluding carboxylic acids is 3. The van der Waals surface area contributed by atoms with E-state index < -0.39 is 0 Å². The van der Waals surface area contributed by atoms with Crippen LogP contribution in [0.5, 0.6) is 5.75 Å². The molecule has 12 nitrogen and oxygen atoms in total. The maximum absolute atomic E-state index is 13.3. The molecule has 0 bridgehead atoms. The Bertz CT molecular complexity index is 1600. The number of anilines is 1. The number of fused-ring (bicyclic) bond motifs is 2. The van der Waals surface area contributed by atoms with Gasteiger partial charge in [0.1, 0.15) is 5.75 Å². The second-order valence-electron chi connectivity index (χ2n) is 11.8. The van der Waals surface area contributed by atoms with E-state index in [2.05, 4.69) is 22.5 Å². The van der Waals surface area contributed by atoms with Crippen molar-refractivity contribution in [2.24, 2.45) is 0 Å². The number of nitrogens with zero attached hydrogens (tertiary/aromatic N) is 1. The van der Waals surface area contributed by atoms with Gasteiger partial charge in [0.05, 0.1) is 78.3 Å². The van der Waals surface area contributed by atoms with E-state index in [1.54, 1.807) is 17.0 Å². The van der Waals surface area contributed by atoms with Crippen molar-refractivity contribution in [3.05, 3.63) is 95.1 Å². The second kappa shape index (κ2) is 23.7. The van der Waals surface area contributed by atoms with Crippen molar-refractivity contribution < 1.29 is 43.2 Å². The van der Waals surface area contributed by atoms with Crippen LogP contribution in [0.15, 0.2) is 72.8 Å². The van der Waals surface area contributed by atoms with E-state index in [1.807, 2.05) is 60.7 Å². The van der Waals surface area contributed by atoms with Gasteiger partial charge in [0.2, 0.25) is 17.7 Å². The zero-order valence-corrected chi connectivity index (χ0v) is 29.6. The molecule has 0 aromatic heterocycles. The molecular weight excluding hydrogens is 666 g/mol. The molecule has 3 aromatic carbocycles. The average molecular weight is 716 g/mol. The van der Waals surface area contributed by atoms with Crippen LogP contribution in [-0.2, 0) is 51.0 Å². The maximum atomic E-state index is 13.3. The fourth-order valence-corrected chi connectivity index (χ4v) is 5.15. The number of carbonyl (C=O) groups is 3. The third kappa shape index (κ3) is 15.2. The monoisotopic (exact) mass is 715 g/mol. The van der Waals surface area contributed by atoms with Crippen LogP contribution >= 0.6 is 0 Å². The van der Waals surface area contributed by atoms with Gasteiger partial charge in [-0.15, -0.1) is 0 Å². The summed E-state index contributed by atoms with van der Waals surface area (Å²) >= 11 is 0. The highest BCUT2D eigenvalue weighted by atomic mass is 16.6. The van der Waals surface area contributed by atoms with E-state index in [0.29, 0.717) is 79.0 Å². The van der Waals surface area contributed by atoms with Crippen LogP contribution in [0.25, 0.3) is 0 Å². The van der Waals surface area contributed by atoms with Crippen LogP contribution < -0.4 is 15.5 Å². The third-order valence-corrected chi connectivity index (χ3v) is 7.94. The lowest BCUT2D eigenvalue weighted by Gasteiger charge is -2.26. The first-order valence-corrected chi connectivity index (χ1v) is 17.7. The molecule has 278 valence electrons. The molecular formula is C40H49N3O9. The van der Waals surface area contributed by atoms with Crippen molar-refractivity contribution >= 4 is 23.4 Å². The van der Waals surface area contributed by atoms with E-state index in [4.69, 9.17) is 23.7 Å². The van der Waals surface area contributed by atoms with Crippen LogP contribution in [0.3, 0.4) is 0 Å². The number of hydrogen-bond acceptors (Lipinski definition) is 9. The zero-order valence-electron chi connectivity index (χ0n) is 29.6. The van der Waals surface area contributed by atoms with Gasteiger partial charge in [-0.3, -0.25) is 14.4 Å². The number of benzene rings is 3. The molecule has 0 radical (unpaired) electrons. The number of nitrogens with one attached hydrogen (secondary N) is 2. The molecule has 1 aliphatic rings. The highest BCUT2D eigenvalue weighted by Crippen LogP contribution is 2.25. The van der Waals surface area contributed by atoms with Gasteiger partial charge in [-0.05, 0) is 47.9 Å². The summed E-state index contributed by atoms with van der Waals surface area (Å²) in [5.74, 6) is 6.30. The van der Waals surface area contributed by atoms with E-state index in [9.17, 15) is 19.5 Å². The quantitative estimate of drug-likeness (QED) is 0.0940. The van der Waals surface area contributed by atoms with Gasteiger partial charge in [0, 0.05) is 43.5 Å². The van der Waals surface area contributed by atoms with Crippen LogP contribution in [0.1, 0.15) is 41.5 Å². The number of phenols is 1. The Hall–Kier alpha value is -4.77. The number of phenolic OH excluding ortho intramolecular Hbond substituents is 1. The summed E-state index contributed by atoms with van der Waals surface area (Å²) in [5, 5.41) is 15.0. The van der Waals surface area contributed by atoms with Crippen molar-refractivity contribution in [3.63, 3.8) is 0 Å². The van der Waals surface area contributed by atoms with Gasteiger partial charge in [0.25, 0.3) is 0 Å². The second-order valence-corrected chi connectivity index (χ2v) is 11.8. The topological polar surface area (TPSA) is 145 Å². The zero-order chi connectivity index (χ0) is 36.6. The number of hydrogen-bond donors (Lipinski definition) is 3. The summed E-state index contributed by atoms with van der Waals surface area (Å²) in [6.07, 6.45) is 1.34. The minimum absolute atomic E-state index is 0.0687. The molecule has 52 heavy (non-hydrogen) atoms. The first-order valence-electron chi connectivity index (χ1n) is 17.7. The Morgan fingerprint density at radius 2 is 1.10 bits per heavy atom. The SMILES string of the molecule is O=C(CCOCCOCCOCCOCCOCCC(=O)NCCc1ccc(O)cc1)NCCC(=O)N1Cc2ccccc2C#Cc2ccccc21. The van der Waals surface area contributed by atoms with Crippen LogP contribution in [-0.4, -0.2) is 102 Å². The Morgan fingerprint density at radius 3 is 1.71 bits per heavy atom. The van der Waals surface area contributed by atoms with Crippen LogP contribution in [0.2, 0.25) is 0 Å². The van der Waals surface area contributed by atoms with Crippen molar-refractivity contribution in [3.8, 4) is 17.6 Å². The first-order chi connectivity index (χ1) is 25.5. The summed E-state index contributed by atoms with van der Waals surface area (Å²) in [5.41, 5.74) is 4.49. The van der Waals surface area contributed by atoms with Gasteiger partial charge in [0.15, 0.2) is 0 Å². The number of ether oxygens (including phenoxy) is 5. The lowest BCUT2D eigenvalue weighted by molar-refractivity contribution is -0.123. The molecule has 0 atom stereocenters. The van der Waals surface area contributed by atoms with E-state index in [1.165, 1.54) is 0 Å². The molecule has 4 rings (SSSR count). The van der Waals surface area contributed by atoms with Gasteiger partial charge in [-0.25, -0.2) is 0 Å². The van der Waals surface area contributed by atoms with Gasteiger partial charge in [-0.1, -0.05) is 54.3 Å². The van der Waals surface area contributed by atoms with E-state index in [0.717, 1.165) is 27.9 Å². The summed E-state index contributed by atoms with van der Waals surface area (Å²) in [4.78, 5) is 39.2. The van der Waals surface area contributed by atoms with Crippen LogP contribution in [0, 0.1) is 11.8 Å². The third-order valence-electron chi connectivity index (χ3n) is 7.94. The highest BCUT2D eigenvalue weighted by Gasteiger charge is 2.21. The normalized spacial score (nSPS) is 11.7. The number of para-hydroxylation sites is 1. The van der Waals surface area contributed by atoms with Gasteiger partial charge in [-0.2, -0.15) is 0 Å². The largest absolute Gasteiger partial charge is 0.508 e. The van der Waals surface area contributed by atoms with Gasteiger partial charge < -0.3 is 44.3 Å². The predicted molar refractivity (Wildman–Crippen MR) is 196 cm³/mol. The minimum Gasteiger partial charge on any atom is -0.508 e. The molecule has 0 spiro atoms. The molecule has 0 unspecified atom stereocenters. The maximum Gasteiger partial charge on any atom is 0.229 e. The number of amides is 3. The average Bonchev–Trinajstić information content (AvgIpc) is 3.14. The predicted octanol–water partition coefficient (Wildman–Crippen LogP) is 3.37. The molecule has 3 N–H and O–H groups in total. The smallest absolute Gasteiger partial charge is 0.229 e. The van der Waals surface area contributed by atoms with E-state index in [-0.39, 0.29) is 55.9 Å². The molecule has 12 heteroatoms. The molecule has 0 saturated carbocycles. The fourth-order valence-electron chi connectivity index (χ4n) is 5.15. The number of aromatic hydroxyl groups is 1. The van der Waals surface area contributed by atoms with Crippen molar-refractivity contribution in [1.29, 1.82) is 0 Å². The Morgan fingerprint density at radius 1 is 0.596 bits per heavy atom. The van der Waals surface area contributed by atoms with Gasteiger partial charge >= 0.3 is 0 Å². The molecule has 1 aliphatic heterocycles. The molecule has 3 amide bonds. The molecule has 0 fully saturated rings. The van der Waals surface area contributed by atoms with Crippen molar-refractivity contribution in [2.45, 2.75) is 32.2 Å². The summed E-state index contributed by atoms with van der Waals surface area (Å²) in [6, 6.07) is 22.3. The Labute approximate surface area is 305 Å². The van der Waals surface area contributed by atoms with Crippen molar-refractivity contribution in [2.75, 3.05) is 84.1 Å². The number of rotatable bonds is 24. The molecule has 0 aliphatic carbocycles. The summed E-state index contributed by atoms with van der Waals surface area (Å²) in [6.45, 7) is 4.99. The molecule has 1 heterocycles. The van der Waals surface area contributed by atoms with E-state index >= 15 is 0 Å². The fraction of sp³-hybridized carbons (Fsp3) is 0.425. The highest BCUT2D eigenvalue weighted by molar-refractivity contribution is 5.95. The molecule has 0 saturated heterocycles. The Balaban J connectivity index is 0.909.